The van der Waals surface area contributed by atoms with Crippen LogP contribution in [0.1, 0.15) is 41.1 Å². The first-order chi connectivity index (χ1) is 6.02. The SMILES string of the molecule is CC1(C)CC(=O)c2[nH]ccc2C1=O. The molecule has 3 nitrogen and oxygen atoms in total. The second kappa shape index (κ2) is 2.31. The zero-order valence-corrected chi connectivity index (χ0v) is 7.68. The smallest absolute Gasteiger partial charge is 0.180 e. The molecule has 68 valence electrons. The molecule has 1 N–H and O–H groups in total. The van der Waals surface area contributed by atoms with Gasteiger partial charge in [0.15, 0.2) is 11.6 Å². The van der Waals surface area contributed by atoms with E-state index >= 15 is 0 Å². The lowest BCUT2D eigenvalue weighted by molar-refractivity contribution is 0.0736. The molecule has 0 aromatic carbocycles. The summed E-state index contributed by atoms with van der Waals surface area (Å²) in [5.74, 6) is 0.0907. The highest BCUT2D eigenvalue weighted by Gasteiger charge is 2.39. The van der Waals surface area contributed by atoms with Crippen molar-refractivity contribution in [3.8, 4) is 0 Å². The maximum absolute atomic E-state index is 11.8. The fraction of sp³-hybridized carbons (Fsp3) is 0.400. The van der Waals surface area contributed by atoms with Gasteiger partial charge in [-0.25, -0.2) is 0 Å². The predicted octanol–water partition coefficient (Wildman–Crippen LogP) is 1.81. The Hall–Kier alpha value is -1.38. The lowest BCUT2D eigenvalue weighted by Gasteiger charge is -2.26. The van der Waals surface area contributed by atoms with E-state index in [0.29, 0.717) is 17.7 Å². The molecule has 0 fully saturated rings. The van der Waals surface area contributed by atoms with Gasteiger partial charge in [-0.15, -0.1) is 0 Å². The maximum atomic E-state index is 11.8. The zero-order valence-electron chi connectivity index (χ0n) is 7.68. The Morgan fingerprint density at radius 3 is 2.77 bits per heavy atom. The predicted molar refractivity (Wildman–Crippen MR) is 47.9 cm³/mol. The van der Waals surface area contributed by atoms with Crippen molar-refractivity contribution < 1.29 is 9.59 Å². The van der Waals surface area contributed by atoms with Crippen molar-refractivity contribution in [1.82, 2.24) is 4.98 Å². The van der Waals surface area contributed by atoms with Gasteiger partial charge in [-0.05, 0) is 6.07 Å². The van der Waals surface area contributed by atoms with Gasteiger partial charge in [0.25, 0.3) is 0 Å². The van der Waals surface area contributed by atoms with Crippen LogP contribution in [-0.4, -0.2) is 16.6 Å². The Labute approximate surface area is 76.1 Å². The average molecular weight is 177 g/mol. The van der Waals surface area contributed by atoms with E-state index in [0.717, 1.165) is 0 Å². The molecule has 0 unspecified atom stereocenters. The third-order valence-electron chi connectivity index (χ3n) is 2.49. The summed E-state index contributed by atoms with van der Waals surface area (Å²) in [5, 5.41) is 0. The number of rotatable bonds is 0. The Balaban J connectivity index is 2.60. The molecule has 1 aromatic heterocycles. The van der Waals surface area contributed by atoms with E-state index in [1.807, 2.05) is 13.8 Å². The molecule has 1 aliphatic rings. The third-order valence-corrected chi connectivity index (χ3v) is 2.49. The summed E-state index contributed by atoms with van der Waals surface area (Å²) in [4.78, 5) is 26.1. The third kappa shape index (κ3) is 1.03. The fourth-order valence-electron chi connectivity index (χ4n) is 1.72. The number of aromatic amines is 1. The van der Waals surface area contributed by atoms with E-state index in [1.54, 1.807) is 12.3 Å². The second-order valence-electron chi connectivity index (χ2n) is 4.08. The van der Waals surface area contributed by atoms with Crippen molar-refractivity contribution in [3.63, 3.8) is 0 Å². The van der Waals surface area contributed by atoms with E-state index in [2.05, 4.69) is 4.98 Å². The molecule has 0 bridgehead atoms. The largest absolute Gasteiger partial charge is 0.358 e. The van der Waals surface area contributed by atoms with Gasteiger partial charge in [-0.1, -0.05) is 13.8 Å². The van der Waals surface area contributed by atoms with E-state index in [4.69, 9.17) is 0 Å². The summed E-state index contributed by atoms with van der Waals surface area (Å²) < 4.78 is 0. The zero-order chi connectivity index (χ0) is 9.64. The quantitative estimate of drug-likeness (QED) is 0.657. The number of carbonyl (C=O) groups is 2. The molecule has 1 heterocycles. The molecule has 13 heavy (non-hydrogen) atoms. The van der Waals surface area contributed by atoms with Crippen LogP contribution in [0.25, 0.3) is 0 Å². The maximum Gasteiger partial charge on any atom is 0.180 e. The number of hydrogen-bond acceptors (Lipinski definition) is 2. The average Bonchev–Trinajstić information content (AvgIpc) is 2.47. The van der Waals surface area contributed by atoms with Gasteiger partial charge in [0.05, 0.1) is 5.69 Å². The highest BCUT2D eigenvalue weighted by Crippen LogP contribution is 2.33. The Bertz CT molecular complexity index is 387. The highest BCUT2D eigenvalue weighted by molar-refractivity contribution is 6.15. The van der Waals surface area contributed by atoms with Crippen LogP contribution in [-0.2, 0) is 0 Å². The molecule has 2 rings (SSSR count). The Morgan fingerprint density at radius 1 is 1.38 bits per heavy atom. The van der Waals surface area contributed by atoms with Gasteiger partial charge in [-0.2, -0.15) is 0 Å². The normalized spacial score (nSPS) is 20.2. The van der Waals surface area contributed by atoms with Crippen molar-refractivity contribution in [2.24, 2.45) is 5.41 Å². The van der Waals surface area contributed by atoms with E-state index in [9.17, 15) is 9.59 Å². The van der Waals surface area contributed by atoms with Crippen molar-refractivity contribution in [1.29, 1.82) is 0 Å². The number of hydrogen-bond donors (Lipinski definition) is 1. The molecule has 0 saturated heterocycles. The highest BCUT2D eigenvalue weighted by atomic mass is 16.1. The minimum Gasteiger partial charge on any atom is -0.358 e. The monoisotopic (exact) mass is 177 g/mol. The molecule has 1 aliphatic carbocycles. The summed E-state index contributed by atoms with van der Waals surface area (Å²) in [6.45, 7) is 3.62. The minimum atomic E-state index is -0.535. The Kier molecular flexibility index (Phi) is 1.46. The van der Waals surface area contributed by atoms with Gasteiger partial charge < -0.3 is 4.98 Å². The first kappa shape index (κ1) is 8.23. The summed E-state index contributed by atoms with van der Waals surface area (Å²) in [7, 11) is 0. The number of carbonyl (C=O) groups excluding carboxylic acids is 2. The Morgan fingerprint density at radius 2 is 2.08 bits per heavy atom. The second-order valence-corrected chi connectivity index (χ2v) is 4.08. The molecule has 0 amide bonds. The molecular formula is C10H11NO2. The van der Waals surface area contributed by atoms with Crippen LogP contribution in [0.15, 0.2) is 12.3 Å². The molecule has 0 saturated carbocycles. The summed E-state index contributed by atoms with van der Waals surface area (Å²) >= 11 is 0. The number of Topliss-reactive ketones (excluding diaryl/α,β-unsaturated/α-hetero) is 2. The number of nitrogens with one attached hydrogen (secondary N) is 1. The van der Waals surface area contributed by atoms with Crippen molar-refractivity contribution in [2.75, 3.05) is 0 Å². The van der Waals surface area contributed by atoms with Crippen molar-refractivity contribution in [3.05, 3.63) is 23.5 Å². The molecule has 0 atom stereocenters. The lowest BCUT2D eigenvalue weighted by Crippen LogP contribution is -2.33. The van der Waals surface area contributed by atoms with Gasteiger partial charge >= 0.3 is 0 Å². The number of H-pyrrole nitrogens is 1. The number of fused-ring (bicyclic) bond motifs is 1. The van der Waals surface area contributed by atoms with Gasteiger partial charge in [0, 0.05) is 23.6 Å². The van der Waals surface area contributed by atoms with Crippen LogP contribution < -0.4 is 0 Å². The number of aromatic nitrogens is 1. The van der Waals surface area contributed by atoms with Crippen LogP contribution in [0.5, 0.6) is 0 Å². The topological polar surface area (TPSA) is 49.9 Å². The molecule has 0 radical (unpaired) electrons. The van der Waals surface area contributed by atoms with Crippen LogP contribution in [0.3, 0.4) is 0 Å². The summed E-state index contributed by atoms with van der Waals surface area (Å²) in [5.41, 5.74) is 0.484. The first-order valence-electron chi connectivity index (χ1n) is 4.28. The molecule has 0 spiro atoms. The van der Waals surface area contributed by atoms with Gasteiger partial charge in [0.2, 0.25) is 0 Å². The van der Waals surface area contributed by atoms with Crippen LogP contribution >= 0.6 is 0 Å². The van der Waals surface area contributed by atoms with Crippen LogP contribution in [0.2, 0.25) is 0 Å². The molecule has 0 aliphatic heterocycles. The first-order valence-corrected chi connectivity index (χ1v) is 4.28. The molecule has 1 aromatic rings. The number of ketones is 2. The van der Waals surface area contributed by atoms with Crippen LogP contribution in [0, 0.1) is 5.41 Å². The van der Waals surface area contributed by atoms with Crippen molar-refractivity contribution >= 4 is 11.6 Å². The van der Waals surface area contributed by atoms with Crippen molar-refractivity contribution in [2.45, 2.75) is 20.3 Å². The van der Waals surface area contributed by atoms with Crippen LogP contribution in [0.4, 0.5) is 0 Å². The fourth-order valence-corrected chi connectivity index (χ4v) is 1.72. The lowest BCUT2D eigenvalue weighted by atomic mass is 9.75. The van der Waals surface area contributed by atoms with E-state index < -0.39 is 5.41 Å². The van der Waals surface area contributed by atoms with Gasteiger partial charge in [0.1, 0.15) is 0 Å². The summed E-state index contributed by atoms with van der Waals surface area (Å²) in [6.07, 6.45) is 1.95. The van der Waals surface area contributed by atoms with E-state index in [-0.39, 0.29) is 11.6 Å². The standard InChI is InChI=1S/C10H11NO2/c1-10(2)5-7(12)8-6(9(10)13)3-4-11-8/h3-4,11H,5H2,1-2H3. The molecular weight excluding hydrogens is 166 g/mol. The minimum absolute atomic E-state index is 0.0320. The molecule has 3 heteroatoms. The summed E-state index contributed by atoms with van der Waals surface area (Å²) in [6, 6.07) is 1.68. The van der Waals surface area contributed by atoms with E-state index in [1.165, 1.54) is 0 Å². The van der Waals surface area contributed by atoms with Gasteiger partial charge in [-0.3, -0.25) is 9.59 Å².